The quantitative estimate of drug-likeness (QED) is 0.326. The van der Waals surface area contributed by atoms with E-state index in [-0.39, 0.29) is 13.1 Å². The van der Waals surface area contributed by atoms with Crippen LogP contribution >= 0.6 is 22.9 Å². The molecule has 4 heterocycles. The largest absolute Gasteiger partial charge is 0.485 e. The molecule has 7 nitrogen and oxygen atoms in total. The molecular weight excluding hydrogens is 560 g/mol. The third-order valence-electron chi connectivity index (χ3n) is 6.53. The van der Waals surface area contributed by atoms with Crippen LogP contribution in [0.2, 0.25) is 5.02 Å². The first-order valence-corrected chi connectivity index (χ1v) is 13.1. The number of pyridine rings is 1. The summed E-state index contributed by atoms with van der Waals surface area (Å²) in [7, 11) is 0. The minimum absolute atomic E-state index is 0.164. The van der Waals surface area contributed by atoms with Gasteiger partial charge in [0.25, 0.3) is 5.56 Å². The molecule has 0 bridgehead atoms. The topological polar surface area (TPSA) is 78.2 Å². The van der Waals surface area contributed by atoms with Gasteiger partial charge in [-0.3, -0.25) is 18.9 Å². The van der Waals surface area contributed by atoms with Crippen LogP contribution in [0.25, 0.3) is 21.3 Å². The molecule has 5 rings (SSSR count). The van der Waals surface area contributed by atoms with E-state index in [1.54, 1.807) is 30.5 Å². The van der Waals surface area contributed by atoms with Crippen molar-refractivity contribution in [3.05, 3.63) is 79.0 Å². The number of benzene rings is 1. The van der Waals surface area contributed by atoms with Crippen molar-refractivity contribution in [3.63, 3.8) is 0 Å². The first-order valence-electron chi connectivity index (χ1n) is 11.9. The molecule has 0 aliphatic carbocycles. The van der Waals surface area contributed by atoms with Gasteiger partial charge in [0.2, 0.25) is 0 Å². The van der Waals surface area contributed by atoms with Crippen LogP contribution < -0.4 is 21.3 Å². The minimum atomic E-state index is -4.62. The van der Waals surface area contributed by atoms with Crippen molar-refractivity contribution in [3.8, 4) is 16.9 Å². The lowest BCUT2D eigenvalue weighted by atomic mass is 10.0. The lowest BCUT2D eigenvalue weighted by Crippen LogP contribution is -2.41. The number of hydrogen-bond donors (Lipinski definition) is 1. The SMILES string of the molecule is Cc1cc(Cl)cc(-c2ccnc3cc(Cn4c(=O)ccn(CC(F)(F)F)c4=O)sc23)c1OC1CNC[C@@]1(C)F. The third-order valence-corrected chi connectivity index (χ3v) is 7.89. The zero-order valence-electron chi connectivity index (χ0n) is 20.8. The van der Waals surface area contributed by atoms with Crippen LogP contribution in [0.4, 0.5) is 17.6 Å². The summed E-state index contributed by atoms with van der Waals surface area (Å²) in [5, 5.41) is 3.45. The molecule has 1 aliphatic heterocycles. The Morgan fingerprint density at radius 2 is 2.00 bits per heavy atom. The number of alkyl halides is 4. The molecule has 0 saturated carbocycles. The highest BCUT2D eigenvalue weighted by atomic mass is 35.5. The van der Waals surface area contributed by atoms with Gasteiger partial charge in [-0.2, -0.15) is 13.2 Å². The Morgan fingerprint density at radius 3 is 2.69 bits per heavy atom. The monoisotopic (exact) mass is 582 g/mol. The second-order valence-electron chi connectivity index (χ2n) is 9.67. The highest BCUT2D eigenvalue weighted by Crippen LogP contribution is 2.42. The van der Waals surface area contributed by atoms with Gasteiger partial charge in [-0.1, -0.05) is 11.6 Å². The van der Waals surface area contributed by atoms with Crippen molar-refractivity contribution in [1.82, 2.24) is 19.4 Å². The lowest BCUT2D eigenvalue weighted by molar-refractivity contribution is -0.141. The summed E-state index contributed by atoms with van der Waals surface area (Å²) >= 11 is 7.63. The molecule has 2 atom stereocenters. The smallest absolute Gasteiger partial charge is 0.406 e. The number of aromatic nitrogens is 3. The molecule has 1 fully saturated rings. The van der Waals surface area contributed by atoms with Gasteiger partial charge in [-0.15, -0.1) is 11.3 Å². The van der Waals surface area contributed by atoms with E-state index in [1.165, 1.54) is 18.3 Å². The maximum absolute atomic E-state index is 15.0. The normalized spacial score (nSPS) is 19.6. The molecule has 1 unspecified atom stereocenters. The van der Waals surface area contributed by atoms with E-state index in [4.69, 9.17) is 16.3 Å². The number of halogens is 5. The van der Waals surface area contributed by atoms with Crippen molar-refractivity contribution in [1.29, 1.82) is 0 Å². The first-order chi connectivity index (χ1) is 18.3. The van der Waals surface area contributed by atoms with E-state index in [9.17, 15) is 22.8 Å². The van der Waals surface area contributed by atoms with Gasteiger partial charge in [0.15, 0.2) is 5.67 Å². The molecule has 1 N–H and O–H groups in total. The van der Waals surface area contributed by atoms with Gasteiger partial charge in [-0.05, 0) is 43.7 Å². The molecule has 3 aromatic heterocycles. The Bertz CT molecular complexity index is 1680. The Labute approximate surface area is 228 Å². The summed E-state index contributed by atoms with van der Waals surface area (Å²) in [4.78, 5) is 30.0. The number of aryl methyl sites for hydroxylation is 1. The Balaban J connectivity index is 1.57. The Hall–Kier alpha value is -3.22. The summed E-state index contributed by atoms with van der Waals surface area (Å²) in [5.74, 6) is 0.466. The van der Waals surface area contributed by atoms with Gasteiger partial charge in [0.1, 0.15) is 18.4 Å². The second kappa shape index (κ2) is 10.1. The number of nitrogens with one attached hydrogen (secondary N) is 1. The molecule has 13 heteroatoms. The molecule has 0 amide bonds. The molecule has 1 aliphatic rings. The first kappa shape index (κ1) is 27.4. The van der Waals surface area contributed by atoms with E-state index >= 15 is 4.39 Å². The number of fused-ring (bicyclic) bond motifs is 1. The zero-order valence-corrected chi connectivity index (χ0v) is 22.4. The van der Waals surface area contributed by atoms with Gasteiger partial charge >= 0.3 is 11.9 Å². The fraction of sp³-hybridized carbons (Fsp3) is 0.346. The average Bonchev–Trinajstić information content (AvgIpc) is 3.41. The van der Waals surface area contributed by atoms with E-state index in [2.05, 4.69) is 10.3 Å². The summed E-state index contributed by atoms with van der Waals surface area (Å²) in [5.41, 5.74) is -0.784. The van der Waals surface area contributed by atoms with Crippen LogP contribution in [0.3, 0.4) is 0 Å². The number of hydrogen-bond acceptors (Lipinski definition) is 6. The molecule has 1 saturated heterocycles. The van der Waals surface area contributed by atoms with Crippen molar-refractivity contribution < 1.29 is 22.3 Å². The predicted octanol–water partition coefficient (Wildman–Crippen LogP) is 4.94. The fourth-order valence-electron chi connectivity index (χ4n) is 4.62. The molecule has 4 aromatic rings. The second-order valence-corrected chi connectivity index (χ2v) is 11.2. The van der Waals surface area contributed by atoms with E-state index in [0.29, 0.717) is 53.7 Å². The van der Waals surface area contributed by atoms with E-state index in [0.717, 1.165) is 16.8 Å². The van der Waals surface area contributed by atoms with Crippen LogP contribution in [0.1, 0.15) is 17.4 Å². The standard InChI is InChI=1S/C26H23ClF4N4O3S/c1-14-7-15(27)8-18(22(14)38-20-10-32-12-25(20,2)28)17-3-5-33-19-9-16(39-23(17)19)11-35-21(36)4-6-34(24(35)37)13-26(29,30)31/h3-9,20,32H,10-13H2,1-2H3/t20?,25-/m1/s1. The van der Waals surface area contributed by atoms with Gasteiger partial charge < -0.3 is 10.1 Å². The maximum Gasteiger partial charge on any atom is 0.406 e. The molecule has 1 aromatic carbocycles. The Kier molecular flexibility index (Phi) is 7.06. The van der Waals surface area contributed by atoms with Gasteiger partial charge in [-0.25, -0.2) is 9.18 Å². The Morgan fingerprint density at radius 1 is 1.23 bits per heavy atom. The summed E-state index contributed by atoms with van der Waals surface area (Å²) in [6.45, 7) is 2.05. The average molecular weight is 583 g/mol. The third kappa shape index (κ3) is 5.59. The maximum atomic E-state index is 15.0. The highest BCUT2D eigenvalue weighted by Gasteiger charge is 2.41. The van der Waals surface area contributed by atoms with Crippen molar-refractivity contribution >= 4 is 33.2 Å². The summed E-state index contributed by atoms with van der Waals surface area (Å²) < 4.78 is 61.8. The molecule has 39 heavy (non-hydrogen) atoms. The van der Waals surface area contributed by atoms with Crippen molar-refractivity contribution in [2.45, 2.75) is 44.9 Å². The van der Waals surface area contributed by atoms with E-state index < -0.39 is 35.7 Å². The number of nitrogens with zero attached hydrogens (tertiary/aromatic N) is 3. The van der Waals surface area contributed by atoms with Crippen LogP contribution in [0.5, 0.6) is 5.75 Å². The summed E-state index contributed by atoms with van der Waals surface area (Å²) in [6, 6.07) is 7.80. The fourth-order valence-corrected chi connectivity index (χ4v) is 6.02. The van der Waals surface area contributed by atoms with Crippen LogP contribution in [-0.2, 0) is 13.1 Å². The number of ether oxygens (including phenoxy) is 1. The molecular formula is C26H23ClF4N4O3S. The van der Waals surface area contributed by atoms with Crippen LogP contribution in [-0.4, -0.2) is 45.2 Å². The molecule has 206 valence electrons. The van der Waals surface area contributed by atoms with Crippen LogP contribution in [0, 0.1) is 6.92 Å². The predicted molar refractivity (Wildman–Crippen MR) is 142 cm³/mol. The van der Waals surface area contributed by atoms with Crippen molar-refractivity contribution in [2.75, 3.05) is 13.1 Å². The number of rotatable bonds is 6. The van der Waals surface area contributed by atoms with Crippen LogP contribution in [0.15, 0.2) is 52.3 Å². The van der Waals surface area contributed by atoms with Gasteiger partial charge in [0, 0.05) is 52.6 Å². The zero-order chi connectivity index (χ0) is 28.1. The van der Waals surface area contributed by atoms with E-state index in [1.807, 2.05) is 6.92 Å². The molecule has 0 spiro atoms. The minimum Gasteiger partial charge on any atom is -0.485 e. The van der Waals surface area contributed by atoms with Gasteiger partial charge in [0.05, 0.1) is 16.8 Å². The molecule has 0 radical (unpaired) electrons. The van der Waals surface area contributed by atoms with Crippen molar-refractivity contribution in [2.24, 2.45) is 0 Å². The summed E-state index contributed by atoms with van der Waals surface area (Å²) in [6.07, 6.45) is -2.93. The highest BCUT2D eigenvalue weighted by molar-refractivity contribution is 7.19. The number of thiophene rings is 1. The lowest BCUT2D eigenvalue weighted by Gasteiger charge is -2.25.